The summed E-state index contributed by atoms with van der Waals surface area (Å²) >= 11 is 0. The quantitative estimate of drug-likeness (QED) is 0.646. The van der Waals surface area contributed by atoms with E-state index < -0.39 is 0 Å². The van der Waals surface area contributed by atoms with Crippen molar-refractivity contribution in [3.63, 3.8) is 0 Å². The van der Waals surface area contributed by atoms with Crippen molar-refractivity contribution in [2.45, 2.75) is 66.1 Å². The standard InChI is InChI=1S/C23H29FO2/c1-13(2)16-9-17(21(25-7)10-20(16)24)22-14(3)18-12-26-11-15(18)8-19(22)23(4,5)6/h8-10,13H,11-12H2,1-7H3. The third-order valence-corrected chi connectivity index (χ3v) is 5.33. The Hall–Kier alpha value is -1.87. The number of benzene rings is 2. The molecule has 3 heteroatoms. The fraction of sp³-hybridized carbons (Fsp3) is 0.478. The first-order chi connectivity index (χ1) is 12.1. The number of rotatable bonds is 3. The van der Waals surface area contributed by atoms with E-state index >= 15 is 0 Å². The van der Waals surface area contributed by atoms with Gasteiger partial charge in [-0.15, -0.1) is 0 Å². The first kappa shape index (κ1) is 18.9. The Balaban J connectivity index is 2.38. The van der Waals surface area contributed by atoms with Crippen LogP contribution in [0.1, 0.15) is 68.4 Å². The summed E-state index contributed by atoms with van der Waals surface area (Å²) in [5, 5.41) is 0. The number of methoxy groups -OCH3 is 1. The Morgan fingerprint density at radius 2 is 1.81 bits per heavy atom. The summed E-state index contributed by atoms with van der Waals surface area (Å²) < 4.78 is 25.8. The van der Waals surface area contributed by atoms with Crippen molar-refractivity contribution in [3.05, 3.63) is 51.8 Å². The summed E-state index contributed by atoms with van der Waals surface area (Å²) in [4.78, 5) is 0. The summed E-state index contributed by atoms with van der Waals surface area (Å²) in [5.74, 6) is 0.482. The summed E-state index contributed by atoms with van der Waals surface area (Å²) in [6.45, 7) is 14.1. The van der Waals surface area contributed by atoms with Crippen LogP contribution in [0.15, 0.2) is 18.2 Å². The molecular weight excluding hydrogens is 327 g/mol. The van der Waals surface area contributed by atoms with E-state index in [0.29, 0.717) is 19.0 Å². The molecule has 0 saturated carbocycles. The molecule has 0 bridgehead atoms. The van der Waals surface area contributed by atoms with Crippen LogP contribution in [0, 0.1) is 12.7 Å². The lowest BCUT2D eigenvalue weighted by molar-refractivity contribution is 0.134. The van der Waals surface area contributed by atoms with Crippen LogP contribution in [0.4, 0.5) is 4.39 Å². The number of hydrogen-bond donors (Lipinski definition) is 0. The maximum absolute atomic E-state index is 14.5. The largest absolute Gasteiger partial charge is 0.496 e. The first-order valence-electron chi connectivity index (χ1n) is 9.26. The molecule has 0 N–H and O–H groups in total. The second-order valence-electron chi connectivity index (χ2n) is 8.53. The van der Waals surface area contributed by atoms with Gasteiger partial charge in [0, 0.05) is 11.6 Å². The van der Waals surface area contributed by atoms with Crippen molar-refractivity contribution >= 4 is 0 Å². The smallest absolute Gasteiger partial charge is 0.130 e. The average Bonchev–Trinajstić information content (AvgIpc) is 3.02. The molecule has 0 saturated heterocycles. The average molecular weight is 356 g/mol. The maximum Gasteiger partial charge on any atom is 0.130 e. The Bertz CT molecular complexity index is 845. The zero-order chi connectivity index (χ0) is 19.2. The van der Waals surface area contributed by atoms with Gasteiger partial charge in [-0.3, -0.25) is 0 Å². The van der Waals surface area contributed by atoms with E-state index in [1.165, 1.54) is 28.3 Å². The molecule has 1 aliphatic heterocycles. The van der Waals surface area contributed by atoms with E-state index in [9.17, 15) is 4.39 Å². The molecule has 3 rings (SSSR count). The van der Waals surface area contributed by atoms with Crippen LogP contribution in [0.5, 0.6) is 5.75 Å². The fourth-order valence-corrected chi connectivity index (χ4v) is 3.84. The highest BCUT2D eigenvalue weighted by Crippen LogP contribution is 2.44. The molecule has 140 valence electrons. The van der Waals surface area contributed by atoms with Crippen molar-refractivity contribution in [3.8, 4) is 16.9 Å². The van der Waals surface area contributed by atoms with Gasteiger partial charge >= 0.3 is 0 Å². The van der Waals surface area contributed by atoms with E-state index in [-0.39, 0.29) is 17.2 Å². The summed E-state index contributed by atoms with van der Waals surface area (Å²) in [6.07, 6.45) is 0. The Kier molecular flexibility index (Phi) is 4.87. The Morgan fingerprint density at radius 1 is 1.12 bits per heavy atom. The van der Waals surface area contributed by atoms with Gasteiger partial charge in [0.05, 0.1) is 20.3 Å². The topological polar surface area (TPSA) is 18.5 Å². The molecular formula is C23H29FO2. The van der Waals surface area contributed by atoms with Crippen molar-refractivity contribution in [2.24, 2.45) is 0 Å². The SMILES string of the molecule is COc1cc(F)c(C(C)C)cc1-c1c(C(C)(C)C)cc2c(c1C)COC2. The molecule has 1 aliphatic rings. The van der Waals surface area contributed by atoms with Crippen LogP contribution in [-0.4, -0.2) is 7.11 Å². The molecule has 0 amide bonds. The second-order valence-corrected chi connectivity index (χ2v) is 8.53. The van der Waals surface area contributed by atoms with E-state index in [1.807, 2.05) is 19.9 Å². The lowest BCUT2D eigenvalue weighted by Gasteiger charge is -2.27. The number of halogens is 1. The zero-order valence-electron chi connectivity index (χ0n) is 16.9. The number of ether oxygens (including phenoxy) is 2. The van der Waals surface area contributed by atoms with Gasteiger partial charge in [-0.1, -0.05) is 40.7 Å². The third-order valence-electron chi connectivity index (χ3n) is 5.33. The number of fused-ring (bicyclic) bond motifs is 1. The molecule has 0 aromatic heterocycles. The molecule has 0 radical (unpaired) electrons. The van der Waals surface area contributed by atoms with Crippen LogP contribution in [0.3, 0.4) is 0 Å². The van der Waals surface area contributed by atoms with E-state index in [4.69, 9.17) is 9.47 Å². The summed E-state index contributed by atoms with van der Waals surface area (Å²) in [7, 11) is 1.61. The second kappa shape index (κ2) is 6.70. The van der Waals surface area contributed by atoms with E-state index in [1.54, 1.807) is 7.11 Å². The molecule has 1 heterocycles. The van der Waals surface area contributed by atoms with Crippen LogP contribution < -0.4 is 4.74 Å². The highest BCUT2D eigenvalue weighted by atomic mass is 19.1. The van der Waals surface area contributed by atoms with Gasteiger partial charge in [0.25, 0.3) is 0 Å². The summed E-state index contributed by atoms with van der Waals surface area (Å²) in [6, 6.07) is 5.77. The summed E-state index contributed by atoms with van der Waals surface area (Å²) in [5.41, 5.74) is 7.78. The maximum atomic E-state index is 14.5. The molecule has 0 atom stereocenters. The highest BCUT2D eigenvalue weighted by Gasteiger charge is 2.28. The molecule has 0 fully saturated rings. The Labute approximate surface area is 156 Å². The minimum atomic E-state index is -0.208. The molecule has 0 aliphatic carbocycles. The predicted molar refractivity (Wildman–Crippen MR) is 104 cm³/mol. The lowest BCUT2D eigenvalue weighted by atomic mass is 9.77. The van der Waals surface area contributed by atoms with E-state index in [0.717, 1.165) is 16.7 Å². The highest BCUT2D eigenvalue weighted by molar-refractivity contribution is 5.80. The van der Waals surface area contributed by atoms with Gasteiger partial charge in [-0.05, 0) is 57.7 Å². The van der Waals surface area contributed by atoms with Crippen molar-refractivity contribution < 1.29 is 13.9 Å². The van der Waals surface area contributed by atoms with Crippen molar-refractivity contribution in [1.82, 2.24) is 0 Å². The van der Waals surface area contributed by atoms with Gasteiger partial charge in [0.2, 0.25) is 0 Å². The van der Waals surface area contributed by atoms with Crippen molar-refractivity contribution in [1.29, 1.82) is 0 Å². The minimum Gasteiger partial charge on any atom is -0.496 e. The van der Waals surface area contributed by atoms with Gasteiger partial charge < -0.3 is 9.47 Å². The molecule has 0 unspecified atom stereocenters. The van der Waals surface area contributed by atoms with Crippen LogP contribution in [-0.2, 0) is 23.4 Å². The fourth-order valence-electron chi connectivity index (χ4n) is 3.84. The first-order valence-corrected chi connectivity index (χ1v) is 9.26. The third kappa shape index (κ3) is 3.14. The van der Waals surface area contributed by atoms with Crippen LogP contribution in [0.25, 0.3) is 11.1 Å². The predicted octanol–water partition coefficient (Wildman–Crippen LogP) is 6.26. The molecule has 0 spiro atoms. The molecule has 26 heavy (non-hydrogen) atoms. The monoisotopic (exact) mass is 356 g/mol. The van der Waals surface area contributed by atoms with Gasteiger partial charge in [-0.25, -0.2) is 4.39 Å². The van der Waals surface area contributed by atoms with Crippen molar-refractivity contribution in [2.75, 3.05) is 7.11 Å². The van der Waals surface area contributed by atoms with Gasteiger partial charge in [0.15, 0.2) is 0 Å². The van der Waals surface area contributed by atoms with Crippen LogP contribution >= 0.6 is 0 Å². The van der Waals surface area contributed by atoms with E-state index in [2.05, 4.69) is 33.8 Å². The van der Waals surface area contributed by atoms with Crippen LogP contribution in [0.2, 0.25) is 0 Å². The van der Waals surface area contributed by atoms with Gasteiger partial charge in [-0.2, -0.15) is 0 Å². The molecule has 2 aromatic carbocycles. The zero-order valence-corrected chi connectivity index (χ0v) is 16.9. The normalized spacial score (nSPS) is 14.0. The number of hydrogen-bond acceptors (Lipinski definition) is 2. The van der Waals surface area contributed by atoms with Gasteiger partial charge in [0.1, 0.15) is 11.6 Å². The Morgan fingerprint density at radius 3 is 2.38 bits per heavy atom. The lowest BCUT2D eigenvalue weighted by Crippen LogP contribution is -2.15. The molecule has 2 aromatic rings. The molecule has 2 nitrogen and oxygen atoms in total. The minimum absolute atomic E-state index is 0.0465.